The smallest absolute Gasteiger partial charge is 0.317 e. The Labute approximate surface area is 194 Å². The number of hydrogen-bond donors (Lipinski definition) is 0. The van der Waals surface area contributed by atoms with Crippen molar-refractivity contribution in [3.63, 3.8) is 0 Å². The zero-order valence-corrected chi connectivity index (χ0v) is 20.1. The maximum absolute atomic E-state index is 13.7. The zero-order chi connectivity index (χ0) is 23.5. The van der Waals surface area contributed by atoms with Crippen molar-refractivity contribution >= 4 is 23.4 Å². The molecule has 0 saturated carbocycles. The van der Waals surface area contributed by atoms with Crippen LogP contribution >= 0.6 is 11.3 Å². The third kappa shape index (κ3) is 3.17. The van der Waals surface area contributed by atoms with Crippen molar-refractivity contribution in [2.75, 3.05) is 6.61 Å². The number of esters is 1. The fraction of sp³-hybridized carbons (Fsp3) is 0.417. The predicted octanol–water partition coefficient (Wildman–Crippen LogP) is 2.08. The molecule has 0 amide bonds. The van der Waals surface area contributed by atoms with Gasteiger partial charge in [-0.1, -0.05) is 29.5 Å². The molecule has 0 spiro atoms. The molecule has 9 heteroatoms. The van der Waals surface area contributed by atoms with Gasteiger partial charge in [-0.15, -0.1) is 0 Å². The van der Waals surface area contributed by atoms with E-state index in [1.165, 1.54) is 11.3 Å². The lowest BCUT2D eigenvalue weighted by Crippen LogP contribution is -2.58. The highest BCUT2D eigenvalue weighted by molar-refractivity contribution is 7.07. The molecule has 3 atom stereocenters. The first-order chi connectivity index (χ1) is 15.8. The summed E-state index contributed by atoms with van der Waals surface area (Å²) in [7, 11) is 0. The molecule has 2 aromatic heterocycles. The molecule has 3 aromatic rings. The van der Waals surface area contributed by atoms with Gasteiger partial charge in [0.25, 0.3) is 5.56 Å². The molecular formula is C24H26N4O4S. The van der Waals surface area contributed by atoms with Gasteiger partial charge in [0.05, 0.1) is 22.9 Å². The van der Waals surface area contributed by atoms with Crippen LogP contribution in [0, 0.1) is 19.8 Å². The van der Waals surface area contributed by atoms with Gasteiger partial charge in [0.15, 0.2) is 4.80 Å². The van der Waals surface area contributed by atoms with Crippen molar-refractivity contribution in [3.05, 3.63) is 66.5 Å². The Bertz CT molecular complexity index is 1450. The maximum atomic E-state index is 13.7. The standard InChI is InChI=1S/C24H26N4O4S/c1-6-27-14(4)16(13(3)26-27)12-18-21(29)28-20-15-10-8-9-11-17(15)32-24(5,25-23(28)33-18)19(20)22(30)31-7-2/h8-12,19-20H,6-7H2,1-5H3/b18-12+. The number of aryl methyl sites for hydroxylation is 2. The lowest BCUT2D eigenvalue weighted by atomic mass is 9.81. The Morgan fingerprint density at radius 2 is 2.06 bits per heavy atom. The average molecular weight is 467 g/mol. The molecule has 0 fully saturated rings. The van der Waals surface area contributed by atoms with E-state index in [-0.39, 0.29) is 12.2 Å². The molecule has 0 radical (unpaired) electrons. The van der Waals surface area contributed by atoms with Crippen molar-refractivity contribution < 1.29 is 14.3 Å². The van der Waals surface area contributed by atoms with Crippen LogP contribution < -0.4 is 19.6 Å². The summed E-state index contributed by atoms with van der Waals surface area (Å²) < 4.78 is 15.7. The van der Waals surface area contributed by atoms with Crippen LogP contribution in [0.25, 0.3) is 6.08 Å². The molecular weight excluding hydrogens is 440 g/mol. The number of carbonyl (C=O) groups excluding carboxylic acids is 1. The maximum Gasteiger partial charge on any atom is 0.317 e. The lowest BCUT2D eigenvalue weighted by Gasteiger charge is -2.44. The Balaban J connectivity index is 1.78. The van der Waals surface area contributed by atoms with Gasteiger partial charge in [-0.05, 0) is 46.8 Å². The fourth-order valence-electron chi connectivity index (χ4n) is 4.90. The van der Waals surface area contributed by atoms with E-state index in [4.69, 9.17) is 14.5 Å². The van der Waals surface area contributed by atoms with Gasteiger partial charge in [-0.3, -0.25) is 18.8 Å². The number of thiazole rings is 1. The highest BCUT2D eigenvalue weighted by Crippen LogP contribution is 2.47. The number of carbonyl (C=O) groups is 1. The van der Waals surface area contributed by atoms with Crippen LogP contribution in [0.5, 0.6) is 5.75 Å². The summed E-state index contributed by atoms with van der Waals surface area (Å²) in [6, 6.07) is 6.94. The van der Waals surface area contributed by atoms with E-state index in [2.05, 4.69) is 5.10 Å². The van der Waals surface area contributed by atoms with Gasteiger partial charge in [-0.25, -0.2) is 4.99 Å². The molecule has 1 aromatic carbocycles. The van der Waals surface area contributed by atoms with Crippen molar-refractivity contribution in [1.82, 2.24) is 14.3 Å². The second-order valence-corrected chi connectivity index (χ2v) is 9.46. The Morgan fingerprint density at radius 1 is 1.30 bits per heavy atom. The van der Waals surface area contributed by atoms with Crippen LogP contribution in [0.3, 0.4) is 0 Å². The number of fused-ring (bicyclic) bond motifs is 6. The summed E-state index contributed by atoms with van der Waals surface area (Å²) in [5, 5.41) is 4.56. The number of hydrogen-bond acceptors (Lipinski definition) is 7. The van der Waals surface area contributed by atoms with Crippen molar-refractivity contribution in [2.45, 2.75) is 52.9 Å². The summed E-state index contributed by atoms with van der Waals surface area (Å²) in [4.78, 5) is 32.1. The summed E-state index contributed by atoms with van der Waals surface area (Å²) in [5.41, 5.74) is 2.23. The van der Waals surface area contributed by atoms with E-state index in [0.29, 0.717) is 15.1 Å². The molecule has 33 heavy (non-hydrogen) atoms. The first kappa shape index (κ1) is 21.6. The highest BCUT2D eigenvalue weighted by atomic mass is 32.1. The number of nitrogens with zero attached hydrogens (tertiary/aromatic N) is 4. The normalized spacial score (nSPS) is 23.4. The molecule has 2 aliphatic heterocycles. The second kappa shape index (κ2) is 7.69. The van der Waals surface area contributed by atoms with E-state index < -0.39 is 23.7 Å². The van der Waals surface area contributed by atoms with Gasteiger partial charge < -0.3 is 9.47 Å². The number of benzene rings is 1. The van der Waals surface area contributed by atoms with E-state index in [0.717, 1.165) is 29.1 Å². The quantitative estimate of drug-likeness (QED) is 0.550. The third-order valence-corrected chi connectivity index (χ3v) is 7.42. The van der Waals surface area contributed by atoms with Crippen LogP contribution in [0.2, 0.25) is 0 Å². The summed E-state index contributed by atoms with van der Waals surface area (Å²) in [6.45, 7) is 10.5. The van der Waals surface area contributed by atoms with Crippen molar-refractivity contribution in [3.8, 4) is 5.75 Å². The minimum atomic E-state index is -1.17. The molecule has 3 unspecified atom stereocenters. The molecule has 0 N–H and O–H groups in total. The van der Waals surface area contributed by atoms with Gasteiger partial charge in [0, 0.05) is 23.4 Å². The summed E-state index contributed by atoms with van der Waals surface area (Å²) >= 11 is 1.31. The van der Waals surface area contributed by atoms with Gasteiger partial charge in [0.1, 0.15) is 11.7 Å². The highest BCUT2D eigenvalue weighted by Gasteiger charge is 2.55. The average Bonchev–Trinajstić information content (AvgIpc) is 3.22. The van der Waals surface area contributed by atoms with E-state index in [1.54, 1.807) is 18.4 Å². The zero-order valence-electron chi connectivity index (χ0n) is 19.3. The molecule has 172 valence electrons. The predicted molar refractivity (Wildman–Crippen MR) is 124 cm³/mol. The molecule has 4 heterocycles. The van der Waals surface area contributed by atoms with E-state index >= 15 is 0 Å². The molecule has 5 rings (SSSR count). The Morgan fingerprint density at radius 3 is 2.76 bits per heavy atom. The summed E-state index contributed by atoms with van der Waals surface area (Å²) in [6.07, 6.45) is 1.89. The van der Waals surface area contributed by atoms with Crippen molar-refractivity contribution in [1.29, 1.82) is 0 Å². The minimum absolute atomic E-state index is 0.181. The Kier molecular flexibility index (Phi) is 5.04. The number of rotatable bonds is 4. The molecule has 2 bridgehead atoms. The Hall–Kier alpha value is -3.20. The van der Waals surface area contributed by atoms with Crippen LogP contribution in [0.1, 0.15) is 49.3 Å². The first-order valence-electron chi connectivity index (χ1n) is 11.1. The van der Waals surface area contributed by atoms with Crippen LogP contribution in [-0.2, 0) is 16.1 Å². The van der Waals surface area contributed by atoms with Crippen LogP contribution in [0.15, 0.2) is 34.1 Å². The first-order valence-corrected chi connectivity index (χ1v) is 11.9. The van der Waals surface area contributed by atoms with Crippen LogP contribution in [-0.4, -0.2) is 32.6 Å². The fourth-order valence-corrected chi connectivity index (χ4v) is 5.98. The van der Waals surface area contributed by atoms with Gasteiger partial charge in [0.2, 0.25) is 5.72 Å². The van der Waals surface area contributed by atoms with Crippen LogP contribution in [0.4, 0.5) is 0 Å². The number of ether oxygens (including phenoxy) is 2. The van der Waals surface area contributed by atoms with Gasteiger partial charge in [-0.2, -0.15) is 5.10 Å². The molecule has 2 aliphatic rings. The second-order valence-electron chi connectivity index (χ2n) is 8.45. The summed E-state index contributed by atoms with van der Waals surface area (Å²) in [5.74, 6) is -0.570. The molecule has 8 nitrogen and oxygen atoms in total. The number of aromatic nitrogens is 3. The molecule has 0 aliphatic carbocycles. The molecule has 0 saturated heterocycles. The van der Waals surface area contributed by atoms with E-state index in [1.807, 2.05) is 55.8 Å². The minimum Gasteiger partial charge on any atom is -0.466 e. The SMILES string of the molecule is CCOC(=O)C1C2c3ccccc3OC1(C)N=c1s/c(=C/c3c(C)nn(CC)c3C)c(=O)n12. The largest absolute Gasteiger partial charge is 0.466 e. The third-order valence-electron chi connectivity index (χ3n) is 6.43. The lowest BCUT2D eigenvalue weighted by molar-refractivity contribution is -0.160. The monoisotopic (exact) mass is 466 g/mol. The topological polar surface area (TPSA) is 87.7 Å². The van der Waals surface area contributed by atoms with E-state index in [9.17, 15) is 9.59 Å². The van der Waals surface area contributed by atoms with Gasteiger partial charge >= 0.3 is 5.97 Å². The number of para-hydroxylation sites is 1. The van der Waals surface area contributed by atoms with Crippen molar-refractivity contribution in [2.24, 2.45) is 10.9 Å².